The first-order valence-corrected chi connectivity index (χ1v) is 12.9. The number of hydrogen-bond acceptors (Lipinski definition) is 6. The van der Waals surface area contributed by atoms with E-state index in [0.29, 0.717) is 18.6 Å². The molecule has 35 heavy (non-hydrogen) atoms. The van der Waals surface area contributed by atoms with E-state index in [9.17, 15) is 31.5 Å². The number of ether oxygens (including phenoxy) is 2. The number of halogens is 3. The molecule has 3 atom stereocenters. The van der Waals surface area contributed by atoms with Crippen LogP contribution in [-0.2, 0) is 33.3 Å². The van der Waals surface area contributed by atoms with Gasteiger partial charge < -0.3 is 19.5 Å². The van der Waals surface area contributed by atoms with Gasteiger partial charge in [0.25, 0.3) is 5.91 Å². The van der Waals surface area contributed by atoms with E-state index in [4.69, 9.17) is 9.47 Å². The van der Waals surface area contributed by atoms with Gasteiger partial charge in [0.05, 0.1) is 23.2 Å². The second-order valence-corrected chi connectivity index (χ2v) is 11.1. The largest absolute Gasteiger partial charge is 0.480 e. The number of amides is 1. The van der Waals surface area contributed by atoms with Crippen molar-refractivity contribution < 1.29 is 41.0 Å². The Bertz CT molecular complexity index is 1260. The quantitative estimate of drug-likeness (QED) is 0.657. The third-order valence-electron chi connectivity index (χ3n) is 6.61. The molecule has 2 aliphatic heterocycles. The molecule has 2 unspecified atom stereocenters. The molecule has 0 aliphatic carbocycles. The fraction of sp³-hybridized carbons (Fsp3) is 0.458. The highest BCUT2D eigenvalue weighted by atomic mass is 32.2. The Kier molecular flexibility index (Phi) is 6.40. The second-order valence-electron chi connectivity index (χ2n) is 9.06. The fourth-order valence-electron chi connectivity index (χ4n) is 4.36. The monoisotopic (exact) mass is 513 g/mol. The van der Waals surface area contributed by atoms with Gasteiger partial charge in [-0.2, -0.15) is 13.2 Å². The number of fused-ring (bicyclic) bond motifs is 1. The zero-order valence-electron chi connectivity index (χ0n) is 19.4. The van der Waals surface area contributed by atoms with Gasteiger partial charge in [0, 0.05) is 25.8 Å². The van der Waals surface area contributed by atoms with Crippen molar-refractivity contribution >= 4 is 15.7 Å². The highest BCUT2D eigenvalue weighted by Crippen LogP contribution is 2.38. The Balaban J connectivity index is 1.65. The summed E-state index contributed by atoms with van der Waals surface area (Å²) in [4.78, 5) is 14.6. The average Bonchev–Trinajstić information content (AvgIpc) is 3.35. The minimum absolute atomic E-state index is 0.144. The predicted octanol–water partition coefficient (Wildman–Crippen LogP) is 3.57. The molecule has 1 N–H and O–H groups in total. The average molecular weight is 514 g/mol. The van der Waals surface area contributed by atoms with E-state index in [1.54, 1.807) is 19.1 Å². The third kappa shape index (κ3) is 4.89. The normalized spacial score (nSPS) is 23.3. The highest BCUT2D eigenvalue weighted by Gasteiger charge is 2.42. The van der Waals surface area contributed by atoms with Gasteiger partial charge in [0.15, 0.2) is 15.9 Å². The zero-order chi connectivity index (χ0) is 25.8. The molecule has 0 saturated carbocycles. The van der Waals surface area contributed by atoms with Gasteiger partial charge in [-0.05, 0) is 48.7 Å². The molecule has 0 bridgehead atoms. The van der Waals surface area contributed by atoms with Crippen LogP contribution in [0.2, 0.25) is 0 Å². The SMILES string of the molecule is CC1OCCC1(O)c1ccc2c(c1)CN(C(=O)c1cc(S(C)(=O)=O)ccc1O[C@@H](C)C(F)(F)F)C2. The van der Waals surface area contributed by atoms with Gasteiger partial charge >= 0.3 is 6.18 Å². The van der Waals surface area contributed by atoms with Gasteiger partial charge in [-0.3, -0.25) is 4.79 Å². The second kappa shape index (κ2) is 8.79. The maximum absolute atomic E-state index is 13.4. The number of rotatable bonds is 5. The molecule has 11 heteroatoms. The standard InChI is InChI=1S/C24H26F3NO6S/c1-14-23(30,8-9-33-14)18-5-4-16-12-28(13-17(16)10-18)22(29)20-11-19(35(3,31)32)6-7-21(20)34-15(2)24(25,26)27/h4-7,10-11,14-15,30H,8-9,12-13H2,1-3H3/t14?,15-,23?/m0/s1. The van der Waals surface area contributed by atoms with Crippen LogP contribution in [0, 0.1) is 0 Å². The molecule has 2 aromatic carbocycles. The third-order valence-corrected chi connectivity index (χ3v) is 7.72. The molecule has 1 fully saturated rings. The van der Waals surface area contributed by atoms with Crippen molar-refractivity contribution in [2.24, 2.45) is 0 Å². The maximum Gasteiger partial charge on any atom is 0.425 e. The summed E-state index contributed by atoms with van der Waals surface area (Å²) in [6.07, 6.45) is -5.88. The summed E-state index contributed by atoms with van der Waals surface area (Å²) in [6, 6.07) is 8.62. The lowest BCUT2D eigenvalue weighted by molar-refractivity contribution is -0.189. The van der Waals surface area contributed by atoms with E-state index in [-0.39, 0.29) is 29.3 Å². The Morgan fingerprint density at radius 3 is 2.49 bits per heavy atom. The molecule has 4 rings (SSSR count). The molecule has 0 aromatic heterocycles. The van der Waals surface area contributed by atoms with Crippen molar-refractivity contribution in [1.29, 1.82) is 0 Å². The molecule has 1 amide bonds. The molecular weight excluding hydrogens is 487 g/mol. The summed E-state index contributed by atoms with van der Waals surface area (Å²) in [5, 5.41) is 11.0. The smallest absolute Gasteiger partial charge is 0.425 e. The summed E-state index contributed by atoms with van der Waals surface area (Å²) in [7, 11) is -3.72. The van der Waals surface area contributed by atoms with Gasteiger partial charge in [0.1, 0.15) is 11.4 Å². The van der Waals surface area contributed by atoms with Crippen LogP contribution in [0.3, 0.4) is 0 Å². The van der Waals surface area contributed by atoms with E-state index in [1.165, 1.54) is 4.90 Å². The van der Waals surface area contributed by atoms with Crippen LogP contribution in [0.5, 0.6) is 5.75 Å². The van der Waals surface area contributed by atoms with Crippen molar-refractivity contribution in [3.63, 3.8) is 0 Å². The lowest BCUT2D eigenvalue weighted by atomic mass is 9.86. The van der Waals surface area contributed by atoms with Crippen LogP contribution in [0.1, 0.15) is 47.3 Å². The number of carbonyl (C=O) groups excluding carboxylic acids is 1. The van der Waals surface area contributed by atoms with Crippen molar-refractivity contribution in [3.05, 3.63) is 58.7 Å². The summed E-state index contributed by atoms with van der Waals surface area (Å²) < 4.78 is 73.9. The van der Waals surface area contributed by atoms with E-state index < -0.39 is 39.7 Å². The number of benzene rings is 2. The van der Waals surface area contributed by atoms with Crippen LogP contribution < -0.4 is 4.74 Å². The Morgan fingerprint density at radius 2 is 1.89 bits per heavy atom. The van der Waals surface area contributed by atoms with E-state index in [1.807, 2.05) is 6.07 Å². The Labute approximate surface area is 201 Å². The van der Waals surface area contributed by atoms with E-state index >= 15 is 0 Å². The number of nitrogens with zero attached hydrogens (tertiary/aromatic N) is 1. The van der Waals surface area contributed by atoms with Crippen LogP contribution in [-0.4, -0.2) is 55.6 Å². The Morgan fingerprint density at radius 1 is 1.20 bits per heavy atom. The van der Waals surface area contributed by atoms with Crippen LogP contribution in [0.4, 0.5) is 13.2 Å². The minimum Gasteiger partial charge on any atom is -0.480 e. The van der Waals surface area contributed by atoms with Gasteiger partial charge in [-0.1, -0.05) is 18.2 Å². The fourth-order valence-corrected chi connectivity index (χ4v) is 5.00. The zero-order valence-corrected chi connectivity index (χ0v) is 20.2. The van der Waals surface area contributed by atoms with Crippen LogP contribution in [0.15, 0.2) is 41.3 Å². The first-order valence-electron chi connectivity index (χ1n) is 11.0. The van der Waals surface area contributed by atoms with Crippen LogP contribution in [0.25, 0.3) is 0 Å². The van der Waals surface area contributed by atoms with Gasteiger partial charge in [-0.25, -0.2) is 8.42 Å². The first-order chi connectivity index (χ1) is 16.2. The molecule has 2 aliphatic rings. The van der Waals surface area contributed by atoms with Gasteiger partial charge in [-0.15, -0.1) is 0 Å². The topological polar surface area (TPSA) is 93.1 Å². The van der Waals surface area contributed by atoms with Crippen molar-refractivity contribution in [3.8, 4) is 5.75 Å². The molecular formula is C24H26F3NO6S. The summed E-state index contributed by atoms with van der Waals surface area (Å²) in [5.74, 6) is -1.01. The maximum atomic E-state index is 13.4. The minimum atomic E-state index is -4.67. The van der Waals surface area contributed by atoms with Crippen molar-refractivity contribution in [1.82, 2.24) is 4.90 Å². The molecule has 190 valence electrons. The number of aliphatic hydroxyl groups is 1. The Hall–Kier alpha value is -2.63. The lowest BCUT2D eigenvalue weighted by Crippen LogP contribution is -2.33. The predicted molar refractivity (Wildman–Crippen MR) is 120 cm³/mol. The van der Waals surface area contributed by atoms with E-state index in [2.05, 4.69) is 0 Å². The molecule has 1 saturated heterocycles. The van der Waals surface area contributed by atoms with Crippen molar-refractivity contribution in [2.75, 3.05) is 12.9 Å². The number of alkyl halides is 3. The van der Waals surface area contributed by atoms with Gasteiger partial charge in [0.2, 0.25) is 0 Å². The first kappa shape index (κ1) is 25.5. The number of hydrogen-bond donors (Lipinski definition) is 1. The molecule has 0 radical (unpaired) electrons. The summed E-state index contributed by atoms with van der Waals surface area (Å²) in [6.45, 7) is 3.34. The number of sulfone groups is 1. The number of carbonyl (C=O) groups is 1. The molecule has 7 nitrogen and oxygen atoms in total. The van der Waals surface area contributed by atoms with Crippen molar-refractivity contribution in [2.45, 2.75) is 62.2 Å². The lowest BCUT2D eigenvalue weighted by Gasteiger charge is -2.27. The molecule has 2 aromatic rings. The summed E-state index contributed by atoms with van der Waals surface area (Å²) in [5.41, 5.74) is 0.855. The van der Waals surface area contributed by atoms with E-state index in [0.717, 1.165) is 42.5 Å². The van der Waals surface area contributed by atoms with Crippen LogP contribution >= 0.6 is 0 Å². The summed E-state index contributed by atoms with van der Waals surface area (Å²) >= 11 is 0. The molecule has 0 spiro atoms. The molecule has 2 heterocycles. The highest BCUT2D eigenvalue weighted by molar-refractivity contribution is 7.90.